The van der Waals surface area contributed by atoms with Crippen LogP contribution in [-0.2, 0) is 22.9 Å². The van der Waals surface area contributed by atoms with Gasteiger partial charge >= 0.3 is 0 Å². The Kier molecular flexibility index (Phi) is 7.29. The molecule has 0 fully saturated rings. The van der Waals surface area contributed by atoms with Gasteiger partial charge in [-0.2, -0.15) is 0 Å². The molecule has 0 aliphatic heterocycles. The quantitative estimate of drug-likeness (QED) is 0.408. The molecule has 0 saturated heterocycles. The molecule has 4 rings (SSSR count). The van der Waals surface area contributed by atoms with Crippen molar-refractivity contribution < 1.29 is 13.2 Å². The molecular weight excluding hydrogens is 468 g/mol. The highest BCUT2D eigenvalue weighted by Crippen LogP contribution is 2.28. The van der Waals surface area contributed by atoms with Crippen LogP contribution >= 0.6 is 11.6 Å². The van der Waals surface area contributed by atoms with Crippen LogP contribution in [0.15, 0.2) is 65.6 Å². The van der Waals surface area contributed by atoms with E-state index in [0.29, 0.717) is 5.69 Å². The molecule has 1 atom stereocenters. The lowest BCUT2D eigenvalue weighted by Crippen LogP contribution is -2.28. The Hall–Kier alpha value is -2.83. The smallest absolute Gasteiger partial charge is 0.263 e. The number of carbonyl (C=O) groups is 1. The van der Waals surface area contributed by atoms with Gasteiger partial charge in [-0.15, -0.1) is 0 Å². The Morgan fingerprint density at radius 1 is 0.971 bits per heavy atom. The fraction of sp³-hybridized carbons (Fsp3) is 0.296. The number of hydrogen-bond donors (Lipinski definition) is 2. The first-order chi connectivity index (χ1) is 16.3. The van der Waals surface area contributed by atoms with E-state index in [1.807, 2.05) is 26.0 Å². The number of carbonyl (C=O) groups excluding carboxylic acids is 1. The molecule has 5 nitrogen and oxygen atoms in total. The highest BCUT2D eigenvalue weighted by Gasteiger charge is 2.22. The van der Waals surface area contributed by atoms with Crippen molar-refractivity contribution >= 4 is 33.2 Å². The van der Waals surface area contributed by atoms with Gasteiger partial charge in [-0.05, 0) is 86.1 Å². The summed E-state index contributed by atoms with van der Waals surface area (Å²) in [6.45, 7) is 3.94. The normalized spacial score (nSPS) is 14.2. The minimum absolute atomic E-state index is 0.0536. The molecular formula is C27H29ClN2O3S. The molecule has 0 aromatic heterocycles. The number of amides is 1. The molecule has 34 heavy (non-hydrogen) atoms. The highest BCUT2D eigenvalue weighted by molar-refractivity contribution is 7.92. The van der Waals surface area contributed by atoms with E-state index in [9.17, 15) is 13.2 Å². The molecule has 3 aromatic carbocycles. The molecule has 7 heteroatoms. The van der Waals surface area contributed by atoms with Crippen LogP contribution in [0.1, 0.15) is 64.8 Å². The minimum Gasteiger partial charge on any atom is -0.345 e. The average Bonchev–Trinajstić information content (AvgIpc) is 2.83. The van der Waals surface area contributed by atoms with E-state index >= 15 is 0 Å². The number of halogens is 1. The van der Waals surface area contributed by atoms with Gasteiger partial charge in [0, 0.05) is 11.3 Å². The van der Waals surface area contributed by atoms with Gasteiger partial charge < -0.3 is 5.32 Å². The molecule has 0 unspecified atom stereocenters. The van der Waals surface area contributed by atoms with Crippen molar-refractivity contribution in [2.75, 3.05) is 4.72 Å². The summed E-state index contributed by atoms with van der Waals surface area (Å²) in [5.41, 5.74) is 5.51. The zero-order valence-electron chi connectivity index (χ0n) is 19.4. The summed E-state index contributed by atoms with van der Waals surface area (Å²) in [5.74, 6) is -0.340. The van der Waals surface area contributed by atoms with Gasteiger partial charge in [0.2, 0.25) is 0 Å². The lowest BCUT2D eigenvalue weighted by molar-refractivity contribution is 0.0935. The van der Waals surface area contributed by atoms with Gasteiger partial charge in [-0.3, -0.25) is 9.52 Å². The summed E-state index contributed by atoms with van der Waals surface area (Å²) in [4.78, 5) is 13.0. The van der Waals surface area contributed by atoms with Crippen LogP contribution in [0.4, 0.5) is 5.69 Å². The van der Waals surface area contributed by atoms with E-state index < -0.39 is 10.0 Å². The maximum Gasteiger partial charge on any atom is 0.263 e. The number of fused-ring (bicyclic) bond motifs is 1. The summed E-state index contributed by atoms with van der Waals surface area (Å²) >= 11 is 6.22. The third-order valence-corrected chi connectivity index (χ3v) is 8.14. The van der Waals surface area contributed by atoms with Crippen LogP contribution in [-0.4, -0.2) is 14.3 Å². The van der Waals surface area contributed by atoms with Crippen molar-refractivity contribution in [3.05, 3.63) is 93.5 Å². The predicted molar refractivity (Wildman–Crippen MR) is 137 cm³/mol. The Balaban J connectivity index is 1.55. The second-order valence-corrected chi connectivity index (χ2v) is 10.8. The Bertz CT molecular complexity index is 1300. The van der Waals surface area contributed by atoms with E-state index in [4.69, 9.17) is 11.6 Å². The lowest BCUT2D eigenvalue weighted by Gasteiger charge is -2.22. The van der Waals surface area contributed by atoms with E-state index in [-0.39, 0.29) is 27.4 Å². The molecule has 1 aliphatic carbocycles. The largest absolute Gasteiger partial charge is 0.345 e. The molecule has 0 bridgehead atoms. The van der Waals surface area contributed by atoms with E-state index in [2.05, 4.69) is 28.2 Å². The van der Waals surface area contributed by atoms with Crippen LogP contribution in [0.25, 0.3) is 0 Å². The van der Waals surface area contributed by atoms with Gasteiger partial charge in [0.15, 0.2) is 0 Å². The first-order valence-corrected chi connectivity index (χ1v) is 13.4. The van der Waals surface area contributed by atoms with E-state index in [0.717, 1.165) is 30.4 Å². The van der Waals surface area contributed by atoms with Gasteiger partial charge in [0.25, 0.3) is 15.9 Å². The molecule has 0 saturated carbocycles. The number of benzene rings is 3. The zero-order valence-corrected chi connectivity index (χ0v) is 21.0. The third kappa shape index (κ3) is 5.45. The summed E-state index contributed by atoms with van der Waals surface area (Å²) < 4.78 is 28.5. The summed E-state index contributed by atoms with van der Waals surface area (Å²) in [6, 6.07) is 17.6. The van der Waals surface area contributed by atoms with Crippen LogP contribution < -0.4 is 10.0 Å². The number of sulfonamides is 1. The number of nitrogens with one attached hydrogen (secondary N) is 2. The summed E-state index contributed by atoms with van der Waals surface area (Å²) in [5, 5.41) is 3.12. The van der Waals surface area contributed by atoms with Crippen molar-refractivity contribution in [1.29, 1.82) is 0 Å². The molecule has 0 radical (unpaired) electrons. The number of hydrogen-bond acceptors (Lipinski definition) is 3. The van der Waals surface area contributed by atoms with Crippen LogP contribution in [0, 0.1) is 6.92 Å². The molecule has 0 heterocycles. The van der Waals surface area contributed by atoms with Gasteiger partial charge in [0.1, 0.15) is 4.90 Å². The Morgan fingerprint density at radius 2 is 1.68 bits per heavy atom. The Labute approximate surface area is 206 Å². The highest BCUT2D eigenvalue weighted by atomic mass is 35.5. The summed E-state index contributed by atoms with van der Waals surface area (Å²) in [7, 11) is -3.97. The van der Waals surface area contributed by atoms with Crippen molar-refractivity contribution in [1.82, 2.24) is 5.32 Å². The molecule has 1 amide bonds. The van der Waals surface area contributed by atoms with Crippen molar-refractivity contribution in [2.24, 2.45) is 0 Å². The summed E-state index contributed by atoms with van der Waals surface area (Å²) in [6.07, 6.45) is 5.31. The van der Waals surface area contributed by atoms with Gasteiger partial charge in [-0.1, -0.05) is 54.4 Å². The van der Waals surface area contributed by atoms with E-state index in [1.165, 1.54) is 36.1 Å². The lowest BCUT2D eigenvalue weighted by atomic mass is 9.88. The maximum atomic E-state index is 13.1. The monoisotopic (exact) mass is 496 g/mol. The minimum atomic E-state index is -3.97. The van der Waals surface area contributed by atoms with Crippen molar-refractivity contribution in [2.45, 2.75) is 56.9 Å². The second-order valence-electron chi connectivity index (χ2n) is 8.79. The van der Waals surface area contributed by atoms with Gasteiger partial charge in [-0.25, -0.2) is 8.42 Å². The van der Waals surface area contributed by atoms with E-state index in [1.54, 1.807) is 18.2 Å². The van der Waals surface area contributed by atoms with Crippen LogP contribution in [0.2, 0.25) is 5.02 Å². The van der Waals surface area contributed by atoms with Crippen molar-refractivity contribution in [3.8, 4) is 0 Å². The molecule has 2 N–H and O–H groups in total. The fourth-order valence-electron chi connectivity index (χ4n) is 4.32. The standard InChI is InChI=1S/C27H29ClN2O3S/c1-3-25(21-11-10-19-6-4-5-7-20(19)16-21)29-27(31)22-12-15-24(28)26(17-22)34(32,33)30-23-13-8-18(2)9-14-23/h8-17,25,30H,3-7H2,1-2H3,(H,29,31)/t25-/m0/s1. The molecule has 0 spiro atoms. The maximum absolute atomic E-state index is 13.1. The molecule has 1 aliphatic rings. The number of anilines is 1. The number of rotatable bonds is 7. The SMILES string of the molecule is CC[C@H](NC(=O)c1ccc(Cl)c(S(=O)(=O)Nc2ccc(C)cc2)c1)c1ccc2c(c1)CCCC2. The Morgan fingerprint density at radius 3 is 2.38 bits per heavy atom. The van der Waals surface area contributed by atoms with Crippen molar-refractivity contribution in [3.63, 3.8) is 0 Å². The molecule has 178 valence electrons. The topological polar surface area (TPSA) is 75.3 Å². The average molecular weight is 497 g/mol. The first kappa shape index (κ1) is 24.3. The fourth-order valence-corrected chi connectivity index (χ4v) is 5.90. The van der Waals surface area contributed by atoms with Gasteiger partial charge in [0.05, 0.1) is 11.1 Å². The zero-order chi connectivity index (χ0) is 24.3. The predicted octanol–water partition coefficient (Wildman–Crippen LogP) is 6.21. The number of aryl methyl sites for hydroxylation is 3. The second kappa shape index (κ2) is 10.2. The first-order valence-electron chi connectivity index (χ1n) is 11.6. The third-order valence-electron chi connectivity index (χ3n) is 6.28. The van der Waals surface area contributed by atoms with Crippen LogP contribution in [0.5, 0.6) is 0 Å². The molecule has 3 aromatic rings. The van der Waals surface area contributed by atoms with Crippen LogP contribution in [0.3, 0.4) is 0 Å².